The van der Waals surface area contributed by atoms with Gasteiger partial charge < -0.3 is 5.11 Å². The number of phenolic OH excluding ortho intramolecular Hbond substituents is 1. The van der Waals surface area contributed by atoms with Crippen LogP contribution in [0.1, 0.15) is 0 Å². The first kappa shape index (κ1) is 9.84. The molecule has 0 bridgehead atoms. The Labute approximate surface area is 96.7 Å². The molecule has 0 amide bonds. The van der Waals surface area contributed by atoms with Crippen LogP contribution >= 0.6 is 0 Å². The molecule has 0 saturated carbocycles. The van der Waals surface area contributed by atoms with Crippen molar-refractivity contribution in [2.75, 3.05) is 0 Å². The average Bonchev–Trinajstić information content (AvgIpc) is 2.73. The van der Waals surface area contributed by atoms with Gasteiger partial charge in [0.2, 0.25) is 0 Å². The predicted molar refractivity (Wildman–Crippen MR) is 62.7 cm³/mol. The third-order valence-electron chi connectivity index (χ3n) is 2.63. The first-order valence-corrected chi connectivity index (χ1v) is 5.17. The molecule has 0 fully saturated rings. The molecule has 0 saturated heterocycles. The maximum Gasteiger partial charge on any atom is 0.123 e. The highest BCUT2D eigenvalue weighted by atomic mass is 19.1. The molecule has 1 heterocycles. The molecule has 3 nitrogen and oxygen atoms in total. The Morgan fingerprint density at radius 3 is 2.59 bits per heavy atom. The Morgan fingerprint density at radius 1 is 1.06 bits per heavy atom. The lowest BCUT2D eigenvalue weighted by Gasteiger charge is -2.03. The molecule has 0 spiro atoms. The first-order valence-electron chi connectivity index (χ1n) is 5.17. The summed E-state index contributed by atoms with van der Waals surface area (Å²) in [5.41, 5.74) is 1.55. The molecule has 0 unspecified atom stereocenters. The smallest absolute Gasteiger partial charge is 0.123 e. The van der Waals surface area contributed by atoms with Gasteiger partial charge in [-0.3, -0.25) is 0 Å². The Hall–Kier alpha value is -2.36. The van der Waals surface area contributed by atoms with Crippen LogP contribution in [0.25, 0.3) is 16.6 Å². The van der Waals surface area contributed by atoms with E-state index in [-0.39, 0.29) is 11.6 Å². The molecule has 0 atom stereocenters. The monoisotopic (exact) mass is 228 g/mol. The summed E-state index contributed by atoms with van der Waals surface area (Å²) in [5, 5.41) is 14.6. The third-order valence-corrected chi connectivity index (χ3v) is 2.63. The molecule has 2 aromatic carbocycles. The van der Waals surface area contributed by atoms with Gasteiger partial charge in [0.05, 0.1) is 17.4 Å². The molecular weight excluding hydrogens is 219 g/mol. The molecule has 1 N–H and O–H groups in total. The number of fused-ring (bicyclic) bond motifs is 1. The number of aromatic nitrogens is 2. The molecule has 3 aromatic rings. The van der Waals surface area contributed by atoms with E-state index in [1.165, 1.54) is 12.1 Å². The predicted octanol–water partition coefficient (Wildman–Crippen LogP) is 2.87. The van der Waals surface area contributed by atoms with Crippen LogP contribution in [-0.4, -0.2) is 14.9 Å². The summed E-state index contributed by atoms with van der Waals surface area (Å²) >= 11 is 0. The Bertz CT molecular complexity index is 673. The van der Waals surface area contributed by atoms with Crippen LogP contribution in [0.2, 0.25) is 0 Å². The van der Waals surface area contributed by atoms with E-state index in [1.807, 2.05) is 0 Å². The second kappa shape index (κ2) is 3.59. The highest BCUT2D eigenvalue weighted by Gasteiger charge is 2.05. The van der Waals surface area contributed by atoms with Crippen molar-refractivity contribution in [2.45, 2.75) is 0 Å². The maximum absolute atomic E-state index is 12.8. The summed E-state index contributed by atoms with van der Waals surface area (Å²) in [4.78, 5) is 0. The third kappa shape index (κ3) is 1.63. The van der Waals surface area contributed by atoms with Crippen molar-refractivity contribution in [3.63, 3.8) is 0 Å². The van der Waals surface area contributed by atoms with Crippen LogP contribution in [0.4, 0.5) is 4.39 Å². The minimum absolute atomic E-state index is 0.182. The van der Waals surface area contributed by atoms with Crippen molar-refractivity contribution in [2.24, 2.45) is 0 Å². The lowest BCUT2D eigenvalue weighted by molar-refractivity contribution is 0.476. The van der Waals surface area contributed by atoms with Gasteiger partial charge in [-0.2, -0.15) is 5.10 Å². The number of hydrogen-bond acceptors (Lipinski definition) is 2. The topological polar surface area (TPSA) is 38.1 Å². The number of hydrogen-bond donors (Lipinski definition) is 1. The normalized spacial score (nSPS) is 10.9. The molecule has 0 aliphatic carbocycles. The van der Waals surface area contributed by atoms with E-state index in [0.29, 0.717) is 0 Å². The van der Waals surface area contributed by atoms with E-state index in [1.54, 1.807) is 41.2 Å². The Kier molecular flexibility index (Phi) is 2.08. The van der Waals surface area contributed by atoms with E-state index in [2.05, 4.69) is 5.10 Å². The van der Waals surface area contributed by atoms with Crippen molar-refractivity contribution >= 4 is 10.9 Å². The molecule has 0 radical (unpaired) electrons. The van der Waals surface area contributed by atoms with Crippen LogP contribution in [0.3, 0.4) is 0 Å². The zero-order chi connectivity index (χ0) is 11.8. The number of nitrogens with zero attached hydrogens (tertiary/aromatic N) is 2. The van der Waals surface area contributed by atoms with Crippen LogP contribution in [-0.2, 0) is 0 Å². The molecule has 0 aliphatic rings. The molecule has 1 aromatic heterocycles. The quantitative estimate of drug-likeness (QED) is 0.695. The summed E-state index contributed by atoms with van der Waals surface area (Å²) in [5.74, 6) is -0.102. The number of benzene rings is 2. The van der Waals surface area contributed by atoms with Crippen molar-refractivity contribution in [3.8, 4) is 11.4 Å². The van der Waals surface area contributed by atoms with E-state index in [4.69, 9.17) is 0 Å². The van der Waals surface area contributed by atoms with Gasteiger partial charge in [-0.25, -0.2) is 9.07 Å². The van der Waals surface area contributed by atoms with Gasteiger partial charge in [0.25, 0.3) is 0 Å². The summed E-state index contributed by atoms with van der Waals surface area (Å²) in [7, 11) is 0. The van der Waals surface area contributed by atoms with Gasteiger partial charge in [0.15, 0.2) is 0 Å². The van der Waals surface area contributed by atoms with Crippen LogP contribution in [0, 0.1) is 5.82 Å². The first-order chi connectivity index (χ1) is 8.24. The van der Waals surface area contributed by atoms with Crippen LogP contribution in [0.15, 0.2) is 48.7 Å². The fourth-order valence-corrected chi connectivity index (χ4v) is 1.79. The Balaban J connectivity index is 2.23. The van der Waals surface area contributed by atoms with Crippen LogP contribution in [0.5, 0.6) is 5.75 Å². The van der Waals surface area contributed by atoms with E-state index in [9.17, 15) is 9.50 Å². The van der Waals surface area contributed by atoms with E-state index >= 15 is 0 Å². The van der Waals surface area contributed by atoms with Crippen molar-refractivity contribution in [1.29, 1.82) is 0 Å². The van der Waals surface area contributed by atoms with Gasteiger partial charge in [-0.1, -0.05) is 0 Å². The molecule has 3 rings (SSSR count). The standard InChI is InChI=1S/C13H9FN2O/c14-10-2-4-11(5-3-10)16-13-7-12(17)6-1-9(13)8-15-16/h1-8,17H. The summed E-state index contributed by atoms with van der Waals surface area (Å²) in [6, 6.07) is 11.1. The van der Waals surface area contributed by atoms with Gasteiger partial charge in [-0.15, -0.1) is 0 Å². The number of phenols is 1. The maximum atomic E-state index is 12.8. The van der Waals surface area contributed by atoms with Gasteiger partial charge in [0.1, 0.15) is 11.6 Å². The van der Waals surface area contributed by atoms with Crippen LogP contribution < -0.4 is 0 Å². The fourth-order valence-electron chi connectivity index (χ4n) is 1.79. The van der Waals surface area contributed by atoms with Gasteiger partial charge >= 0.3 is 0 Å². The minimum atomic E-state index is -0.284. The van der Waals surface area contributed by atoms with Gasteiger partial charge in [-0.05, 0) is 36.4 Å². The molecule has 17 heavy (non-hydrogen) atoms. The average molecular weight is 228 g/mol. The Morgan fingerprint density at radius 2 is 1.82 bits per heavy atom. The lowest BCUT2D eigenvalue weighted by Crippen LogP contribution is -1.95. The molecule has 0 aliphatic heterocycles. The molecule has 84 valence electrons. The second-order valence-corrected chi connectivity index (χ2v) is 3.78. The SMILES string of the molecule is Oc1ccc2cnn(-c3ccc(F)cc3)c2c1. The summed E-state index contributed by atoms with van der Waals surface area (Å²) < 4.78 is 14.5. The largest absolute Gasteiger partial charge is 0.508 e. The molecular formula is C13H9FN2O. The minimum Gasteiger partial charge on any atom is -0.508 e. The van der Waals surface area contributed by atoms with Gasteiger partial charge in [0, 0.05) is 11.5 Å². The number of halogens is 1. The van der Waals surface area contributed by atoms with E-state index in [0.717, 1.165) is 16.6 Å². The second-order valence-electron chi connectivity index (χ2n) is 3.78. The van der Waals surface area contributed by atoms with E-state index < -0.39 is 0 Å². The zero-order valence-corrected chi connectivity index (χ0v) is 8.84. The number of rotatable bonds is 1. The van der Waals surface area contributed by atoms with Crippen molar-refractivity contribution in [1.82, 2.24) is 9.78 Å². The highest BCUT2D eigenvalue weighted by Crippen LogP contribution is 2.22. The molecule has 4 heteroatoms. The van der Waals surface area contributed by atoms with Crippen molar-refractivity contribution in [3.05, 3.63) is 54.5 Å². The number of aromatic hydroxyl groups is 1. The zero-order valence-electron chi connectivity index (χ0n) is 8.84. The summed E-state index contributed by atoms with van der Waals surface area (Å²) in [6.45, 7) is 0. The lowest BCUT2D eigenvalue weighted by atomic mass is 10.2. The fraction of sp³-hybridized carbons (Fsp3) is 0. The summed E-state index contributed by atoms with van der Waals surface area (Å²) in [6.07, 6.45) is 1.71. The van der Waals surface area contributed by atoms with Crippen molar-refractivity contribution < 1.29 is 9.50 Å². The highest BCUT2D eigenvalue weighted by molar-refractivity contribution is 5.81.